The molecule has 2 aliphatic carbocycles. The average Bonchev–Trinajstić information content (AvgIpc) is 1.52. The number of rotatable bonds is 11. The molecule has 1 heterocycles. The van der Waals surface area contributed by atoms with Crippen LogP contribution < -0.4 is 4.90 Å². The van der Waals surface area contributed by atoms with Crippen molar-refractivity contribution >= 4 is 38.9 Å². The Morgan fingerprint density at radius 3 is 1.29 bits per heavy atom. The lowest BCUT2D eigenvalue weighted by atomic mass is 9.66. The van der Waals surface area contributed by atoms with Crippen molar-refractivity contribution in [2.45, 2.75) is 37.0 Å². The maximum Gasteiger partial charge on any atom is 0.0721 e. The second-order valence-electron chi connectivity index (χ2n) is 25.9. The Bertz CT molecular complexity index is 5180. The lowest BCUT2D eigenvalue weighted by Gasteiger charge is -2.36. The number of anilines is 3. The first-order valence-corrected chi connectivity index (χ1v) is 32.2. The summed E-state index contributed by atoms with van der Waals surface area (Å²) in [5.41, 5.74) is 28.4. The van der Waals surface area contributed by atoms with Gasteiger partial charge in [0.25, 0.3) is 0 Å². The fraction of sp³-hybridized carbons (Fsp3) is 0.0667. The molecule has 0 saturated heterocycles. The molecule has 436 valence electrons. The highest BCUT2D eigenvalue weighted by atomic mass is 15.1. The fourth-order valence-electron chi connectivity index (χ4n) is 15.8. The van der Waals surface area contributed by atoms with E-state index in [4.69, 9.17) is 0 Å². The second kappa shape index (κ2) is 21.7. The molecule has 0 unspecified atom stereocenters. The van der Waals surface area contributed by atoms with Gasteiger partial charge in [0.05, 0.1) is 27.6 Å². The molecule has 0 bridgehead atoms. The smallest absolute Gasteiger partial charge is 0.0721 e. The van der Waals surface area contributed by atoms with Gasteiger partial charge in [0.1, 0.15) is 0 Å². The molecule has 0 saturated carbocycles. The SMILES string of the molecule is CC(C)(C)c1ccc(-c2ccc(-n3c4ccccc4c4cc(-c5ccccc5)ccc43)c3c2C(c2ccccc2)(c2ccccc2)c2cc(N(c4ccc(-c5ccccc5)cc4)c4ccc5c(c4)C(c4ccccc4)(c4ccccc4)c4ccccc4-5)ccc2-3)cc1. The number of fused-ring (bicyclic) bond motifs is 9. The summed E-state index contributed by atoms with van der Waals surface area (Å²) < 4.78 is 2.56. The number of nitrogens with zero attached hydrogens (tertiary/aromatic N) is 2. The van der Waals surface area contributed by atoms with Crippen molar-refractivity contribution in [1.29, 1.82) is 0 Å². The molecular formula is C90H66N2. The Kier molecular flexibility index (Phi) is 12.9. The lowest BCUT2D eigenvalue weighted by molar-refractivity contribution is 0.590. The highest BCUT2D eigenvalue weighted by Crippen LogP contribution is 2.63. The van der Waals surface area contributed by atoms with E-state index in [9.17, 15) is 0 Å². The van der Waals surface area contributed by atoms with E-state index in [0.717, 1.165) is 28.3 Å². The molecule has 1 aromatic heterocycles. The van der Waals surface area contributed by atoms with E-state index in [2.05, 4.69) is 376 Å². The van der Waals surface area contributed by atoms with Crippen LogP contribution in [0.5, 0.6) is 0 Å². The summed E-state index contributed by atoms with van der Waals surface area (Å²) in [4.78, 5) is 2.52. The van der Waals surface area contributed by atoms with Crippen LogP contribution >= 0.6 is 0 Å². The molecule has 0 amide bonds. The summed E-state index contributed by atoms with van der Waals surface area (Å²) in [6.45, 7) is 6.91. The minimum Gasteiger partial charge on any atom is -0.310 e. The van der Waals surface area contributed by atoms with Crippen LogP contribution in [0.1, 0.15) is 70.8 Å². The van der Waals surface area contributed by atoms with Crippen LogP contribution in [0.15, 0.2) is 346 Å². The number of benzene rings is 14. The molecule has 2 heteroatoms. The van der Waals surface area contributed by atoms with Gasteiger partial charge in [-0.15, -0.1) is 0 Å². The fourth-order valence-corrected chi connectivity index (χ4v) is 15.8. The summed E-state index contributed by atoms with van der Waals surface area (Å²) >= 11 is 0. The van der Waals surface area contributed by atoms with Crippen molar-refractivity contribution in [1.82, 2.24) is 4.57 Å². The summed E-state index contributed by atoms with van der Waals surface area (Å²) in [6, 6.07) is 130. The monoisotopic (exact) mass is 1170 g/mol. The topological polar surface area (TPSA) is 8.17 Å². The van der Waals surface area contributed by atoms with Gasteiger partial charge in [-0.25, -0.2) is 0 Å². The summed E-state index contributed by atoms with van der Waals surface area (Å²) in [7, 11) is 0. The molecule has 2 nitrogen and oxygen atoms in total. The first-order valence-electron chi connectivity index (χ1n) is 32.2. The van der Waals surface area contributed by atoms with E-state index in [1.165, 1.54) is 122 Å². The van der Waals surface area contributed by atoms with Gasteiger partial charge in [-0.1, -0.05) is 306 Å². The summed E-state index contributed by atoms with van der Waals surface area (Å²) in [6.07, 6.45) is 0. The number of hydrogen-bond acceptors (Lipinski definition) is 1. The third-order valence-electron chi connectivity index (χ3n) is 19.9. The maximum atomic E-state index is 2.56. The Hall–Kier alpha value is -11.3. The molecular weight excluding hydrogens is 1110 g/mol. The summed E-state index contributed by atoms with van der Waals surface area (Å²) in [5.74, 6) is 0. The minimum absolute atomic E-state index is 0.0210. The Morgan fingerprint density at radius 1 is 0.283 bits per heavy atom. The van der Waals surface area contributed by atoms with Crippen LogP contribution in [0.4, 0.5) is 17.1 Å². The molecule has 0 N–H and O–H groups in total. The van der Waals surface area contributed by atoms with Gasteiger partial charge in [-0.3, -0.25) is 0 Å². The van der Waals surface area contributed by atoms with Gasteiger partial charge in [0, 0.05) is 33.4 Å². The highest BCUT2D eigenvalue weighted by Gasteiger charge is 2.50. The van der Waals surface area contributed by atoms with Gasteiger partial charge in [-0.05, 0) is 166 Å². The molecule has 0 aliphatic heterocycles. The molecule has 92 heavy (non-hydrogen) atoms. The zero-order valence-corrected chi connectivity index (χ0v) is 51.8. The van der Waals surface area contributed by atoms with Crippen molar-refractivity contribution in [3.05, 3.63) is 396 Å². The van der Waals surface area contributed by atoms with Crippen LogP contribution in [0.25, 0.3) is 83.1 Å². The van der Waals surface area contributed by atoms with Crippen molar-refractivity contribution in [2.75, 3.05) is 4.90 Å². The van der Waals surface area contributed by atoms with Crippen molar-refractivity contribution < 1.29 is 0 Å². The van der Waals surface area contributed by atoms with E-state index in [1.54, 1.807) is 0 Å². The quantitative estimate of drug-likeness (QED) is 0.125. The van der Waals surface area contributed by atoms with Gasteiger partial charge in [0.2, 0.25) is 0 Å². The normalized spacial score (nSPS) is 13.3. The number of hydrogen-bond donors (Lipinski definition) is 0. The van der Waals surface area contributed by atoms with Gasteiger partial charge in [0.15, 0.2) is 0 Å². The molecule has 0 radical (unpaired) electrons. The van der Waals surface area contributed by atoms with Crippen molar-refractivity contribution in [3.8, 4) is 61.3 Å². The molecule has 0 fully saturated rings. The van der Waals surface area contributed by atoms with Gasteiger partial charge in [-0.2, -0.15) is 0 Å². The zero-order chi connectivity index (χ0) is 61.5. The largest absolute Gasteiger partial charge is 0.310 e. The molecule has 0 atom stereocenters. The predicted octanol–water partition coefficient (Wildman–Crippen LogP) is 23.3. The zero-order valence-electron chi connectivity index (χ0n) is 51.8. The van der Waals surface area contributed by atoms with E-state index >= 15 is 0 Å². The van der Waals surface area contributed by atoms with Crippen LogP contribution in [0.2, 0.25) is 0 Å². The van der Waals surface area contributed by atoms with Crippen molar-refractivity contribution in [2.24, 2.45) is 0 Å². The first kappa shape index (κ1) is 54.8. The van der Waals surface area contributed by atoms with Crippen LogP contribution in [0.3, 0.4) is 0 Å². The van der Waals surface area contributed by atoms with Crippen LogP contribution in [-0.4, -0.2) is 4.57 Å². The minimum atomic E-state index is -0.825. The van der Waals surface area contributed by atoms with Gasteiger partial charge < -0.3 is 9.47 Å². The third kappa shape index (κ3) is 8.48. The van der Waals surface area contributed by atoms with Crippen molar-refractivity contribution in [3.63, 3.8) is 0 Å². The maximum absolute atomic E-state index is 2.56. The van der Waals surface area contributed by atoms with Crippen LogP contribution in [0, 0.1) is 0 Å². The second-order valence-corrected chi connectivity index (χ2v) is 25.9. The average molecular weight is 1180 g/mol. The highest BCUT2D eigenvalue weighted by molar-refractivity contribution is 6.12. The lowest BCUT2D eigenvalue weighted by Crippen LogP contribution is -2.29. The van der Waals surface area contributed by atoms with Gasteiger partial charge >= 0.3 is 0 Å². The number of aromatic nitrogens is 1. The predicted molar refractivity (Wildman–Crippen MR) is 385 cm³/mol. The van der Waals surface area contributed by atoms with E-state index in [0.29, 0.717) is 0 Å². The molecule has 14 aromatic carbocycles. The number of para-hydroxylation sites is 1. The molecule has 15 aromatic rings. The standard InChI is InChI=1S/C90H66N2/c1-88(2,3)66-47-42-64(43-48-66)74-55-57-85(92-83-41-25-23-39-77(83)79-58-65(46-56-84(79)92)62-28-12-5-13-29-62)86-78-54-52-73(60-82(78)90(87(74)86,69-34-18-8-19-35-69)70-36-20-9-21-37-70)91(71-49-44-63(45-50-71)61-26-10-4-11-27-61)72-51-53-76-75-38-22-24-40-80(75)89(81(76)59-72,67-30-14-6-15-31-67)68-32-16-7-17-33-68/h4-60H,1-3H3. The van der Waals surface area contributed by atoms with E-state index in [-0.39, 0.29) is 5.41 Å². The van der Waals surface area contributed by atoms with E-state index < -0.39 is 10.8 Å². The molecule has 2 aliphatic rings. The first-order chi connectivity index (χ1) is 45.3. The Balaban J connectivity index is 0.974. The Labute approximate surface area is 539 Å². The molecule has 0 spiro atoms. The molecule has 17 rings (SSSR count). The Morgan fingerprint density at radius 2 is 0.707 bits per heavy atom. The van der Waals surface area contributed by atoms with E-state index in [1.807, 2.05) is 0 Å². The van der Waals surface area contributed by atoms with Crippen LogP contribution in [-0.2, 0) is 16.2 Å². The summed E-state index contributed by atoms with van der Waals surface area (Å²) in [5, 5.41) is 2.44. The third-order valence-corrected chi connectivity index (χ3v) is 19.9.